The molecule has 0 amide bonds. The predicted molar refractivity (Wildman–Crippen MR) is 71.5 cm³/mol. The molecule has 2 aromatic rings. The van der Waals surface area contributed by atoms with Crippen molar-refractivity contribution in [2.24, 2.45) is 0 Å². The second-order valence-corrected chi connectivity index (χ2v) is 4.30. The van der Waals surface area contributed by atoms with E-state index in [0.29, 0.717) is 0 Å². The molecule has 21 heavy (non-hydrogen) atoms. The number of benzene rings is 2. The highest BCUT2D eigenvalue weighted by atomic mass is 35.5. The van der Waals surface area contributed by atoms with Gasteiger partial charge in [0, 0.05) is 12.1 Å². The summed E-state index contributed by atoms with van der Waals surface area (Å²) in [5.74, 6) is -2.63. The van der Waals surface area contributed by atoms with Gasteiger partial charge in [0.15, 0.2) is 5.75 Å². The van der Waals surface area contributed by atoms with Crippen LogP contribution in [-0.2, 0) is 0 Å². The van der Waals surface area contributed by atoms with E-state index in [1.54, 1.807) is 0 Å². The lowest BCUT2D eigenvalue weighted by molar-refractivity contribution is -0.387. The second-order valence-electron chi connectivity index (χ2n) is 3.89. The molecule has 0 saturated carbocycles. The van der Waals surface area contributed by atoms with E-state index in [2.05, 4.69) is 0 Å². The van der Waals surface area contributed by atoms with Gasteiger partial charge in [-0.2, -0.15) is 4.39 Å². The van der Waals surface area contributed by atoms with Gasteiger partial charge in [0.25, 0.3) is 0 Å². The molecule has 108 valence electrons. The van der Waals surface area contributed by atoms with Crippen LogP contribution in [0.4, 0.5) is 10.1 Å². The molecule has 0 aliphatic carbocycles. The smallest absolute Gasteiger partial charge is 0.339 e. The molecular weight excluding hydrogens is 305 g/mol. The number of carboxylic acid groups (broad SMARTS) is 1. The van der Waals surface area contributed by atoms with E-state index < -0.39 is 22.4 Å². The topological polar surface area (TPSA) is 89.7 Å². The fourth-order valence-corrected chi connectivity index (χ4v) is 1.81. The Kier molecular flexibility index (Phi) is 4.04. The molecule has 0 aliphatic heterocycles. The number of nitro groups is 1. The molecule has 0 bridgehead atoms. The lowest BCUT2D eigenvalue weighted by Gasteiger charge is -2.10. The largest absolute Gasteiger partial charge is 0.478 e. The van der Waals surface area contributed by atoms with E-state index in [4.69, 9.17) is 21.4 Å². The van der Waals surface area contributed by atoms with Crippen LogP contribution >= 0.6 is 11.6 Å². The summed E-state index contributed by atoms with van der Waals surface area (Å²) >= 11 is 5.85. The van der Waals surface area contributed by atoms with Crippen LogP contribution in [0.1, 0.15) is 10.4 Å². The van der Waals surface area contributed by atoms with Crippen molar-refractivity contribution < 1.29 is 24.0 Å². The van der Waals surface area contributed by atoms with E-state index in [1.165, 1.54) is 18.2 Å². The lowest BCUT2D eigenvalue weighted by atomic mass is 10.2. The summed E-state index contributed by atoms with van der Waals surface area (Å²) in [7, 11) is 0. The van der Waals surface area contributed by atoms with Gasteiger partial charge < -0.3 is 9.84 Å². The highest BCUT2D eigenvalue weighted by Gasteiger charge is 2.18. The number of rotatable bonds is 4. The van der Waals surface area contributed by atoms with Crippen LogP contribution in [0.25, 0.3) is 0 Å². The first-order chi connectivity index (χ1) is 9.90. The Morgan fingerprint density at radius 1 is 1.33 bits per heavy atom. The summed E-state index contributed by atoms with van der Waals surface area (Å²) in [4.78, 5) is 20.7. The van der Waals surface area contributed by atoms with Gasteiger partial charge in [-0.1, -0.05) is 17.7 Å². The van der Waals surface area contributed by atoms with Crippen molar-refractivity contribution >= 4 is 23.3 Å². The normalized spacial score (nSPS) is 10.2. The lowest BCUT2D eigenvalue weighted by Crippen LogP contribution is -2.01. The van der Waals surface area contributed by atoms with Crippen LogP contribution in [-0.4, -0.2) is 16.0 Å². The van der Waals surface area contributed by atoms with E-state index >= 15 is 0 Å². The molecule has 0 saturated heterocycles. The molecule has 0 unspecified atom stereocenters. The predicted octanol–water partition coefficient (Wildman–Crippen LogP) is 3.88. The zero-order valence-corrected chi connectivity index (χ0v) is 11.0. The Hall–Kier alpha value is -2.67. The molecule has 0 aromatic heterocycles. The van der Waals surface area contributed by atoms with Crippen molar-refractivity contribution in [2.45, 2.75) is 0 Å². The molecule has 0 aliphatic rings. The third-order valence-electron chi connectivity index (χ3n) is 2.53. The summed E-state index contributed by atoms with van der Waals surface area (Å²) in [6.07, 6.45) is 0. The Morgan fingerprint density at radius 2 is 2.05 bits per heavy atom. The Balaban J connectivity index is 2.41. The van der Waals surface area contributed by atoms with Gasteiger partial charge >= 0.3 is 11.7 Å². The quantitative estimate of drug-likeness (QED) is 0.683. The maximum absolute atomic E-state index is 13.5. The van der Waals surface area contributed by atoms with Gasteiger partial charge in [0.05, 0.1) is 9.95 Å². The molecule has 0 radical (unpaired) electrons. The van der Waals surface area contributed by atoms with Crippen LogP contribution in [0.15, 0.2) is 36.4 Å². The summed E-state index contributed by atoms with van der Waals surface area (Å²) in [5, 5.41) is 19.6. The first-order valence-electron chi connectivity index (χ1n) is 5.53. The van der Waals surface area contributed by atoms with Gasteiger partial charge in [-0.3, -0.25) is 10.1 Å². The zero-order valence-electron chi connectivity index (χ0n) is 10.2. The first-order valence-corrected chi connectivity index (χ1v) is 5.91. The number of aromatic carboxylic acids is 1. The molecule has 0 spiro atoms. The minimum absolute atomic E-state index is 0.0219. The van der Waals surface area contributed by atoms with Crippen LogP contribution < -0.4 is 4.74 Å². The molecule has 1 N–H and O–H groups in total. The average molecular weight is 312 g/mol. The Labute approximate surface area is 122 Å². The minimum Gasteiger partial charge on any atom is -0.478 e. The number of nitro benzene ring substituents is 1. The molecule has 0 atom stereocenters. The monoisotopic (exact) mass is 311 g/mol. The number of para-hydroxylation sites is 1. The van der Waals surface area contributed by atoms with Gasteiger partial charge in [-0.05, 0) is 18.2 Å². The van der Waals surface area contributed by atoms with E-state index in [-0.39, 0.29) is 22.1 Å². The van der Waals surface area contributed by atoms with E-state index in [1.807, 2.05) is 0 Å². The van der Waals surface area contributed by atoms with Crippen molar-refractivity contribution in [3.63, 3.8) is 0 Å². The highest BCUT2D eigenvalue weighted by Crippen LogP contribution is 2.34. The fraction of sp³-hybridized carbons (Fsp3) is 0. The molecule has 2 rings (SSSR count). The average Bonchev–Trinajstić information content (AvgIpc) is 2.40. The van der Waals surface area contributed by atoms with E-state index in [9.17, 15) is 19.3 Å². The minimum atomic E-state index is -1.27. The van der Waals surface area contributed by atoms with Crippen molar-refractivity contribution in [3.8, 4) is 11.5 Å². The van der Waals surface area contributed by atoms with Crippen LogP contribution in [0, 0.1) is 15.9 Å². The van der Waals surface area contributed by atoms with E-state index in [0.717, 1.165) is 18.2 Å². The Bertz CT molecular complexity index is 734. The first kappa shape index (κ1) is 14.7. The van der Waals surface area contributed by atoms with Crippen molar-refractivity contribution in [2.75, 3.05) is 0 Å². The number of carbonyl (C=O) groups is 1. The van der Waals surface area contributed by atoms with Gasteiger partial charge in [-0.15, -0.1) is 0 Å². The second kappa shape index (κ2) is 5.76. The van der Waals surface area contributed by atoms with Crippen LogP contribution in [0.3, 0.4) is 0 Å². The molecule has 6 nitrogen and oxygen atoms in total. The van der Waals surface area contributed by atoms with Gasteiger partial charge in [0.1, 0.15) is 11.3 Å². The third kappa shape index (κ3) is 3.09. The van der Waals surface area contributed by atoms with Gasteiger partial charge in [0.2, 0.25) is 5.82 Å². The summed E-state index contributed by atoms with van der Waals surface area (Å²) in [6.45, 7) is 0. The molecule has 0 fully saturated rings. The van der Waals surface area contributed by atoms with Crippen molar-refractivity contribution in [1.29, 1.82) is 0 Å². The maximum Gasteiger partial charge on any atom is 0.339 e. The maximum atomic E-state index is 13.5. The van der Waals surface area contributed by atoms with Crippen LogP contribution in [0.2, 0.25) is 5.02 Å². The standard InChI is InChI=1S/C13H7ClFNO5/c14-9-3-1-2-8(13(17)18)12(9)21-7-4-5-11(16(19)20)10(15)6-7/h1-6H,(H,17,18). The fourth-order valence-electron chi connectivity index (χ4n) is 1.60. The van der Waals surface area contributed by atoms with Crippen LogP contribution in [0.5, 0.6) is 11.5 Å². The molecule has 2 aromatic carbocycles. The third-order valence-corrected chi connectivity index (χ3v) is 2.83. The number of halogens is 2. The number of carboxylic acids is 1. The molecule has 0 heterocycles. The van der Waals surface area contributed by atoms with Gasteiger partial charge in [-0.25, -0.2) is 4.79 Å². The number of nitrogens with zero attached hydrogens (tertiary/aromatic N) is 1. The summed E-state index contributed by atoms with van der Waals surface area (Å²) < 4.78 is 18.7. The Morgan fingerprint density at radius 3 is 2.62 bits per heavy atom. The summed E-state index contributed by atoms with van der Waals surface area (Å²) in [5.41, 5.74) is -0.916. The van der Waals surface area contributed by atoms with Crippen molar-refractivity contribution in [3.05, 3.63) is 62.9 Å². The number of hydrogen-bond acceptors (Lipinski definition) is 4. The number of hydrogen-bond donors (Lipinski definition) is 1. The molecular formula is C13H7ClFNO5. The summed E-state index contributed by atoms with van der Waals surface area (Å²) in [6, 6.07) is 6.96. The highest BCUT2D eigenvalue weighted by molar-refractivity contribution is 6.32. The number of ether oxygens (including phenoxy) is 1. The SMILES string of the molecule is O=C(O)c1cccc(Cl)c1Oc1ccc([N+](=O)[O-])c(F)c1. The van der Waals surface area contributed by atoms with Crippen molar-refractivity contribution in [1.82, 2.24) is 0 Å². The molecule has 8 heteroatoms. The zero-order chi connectivity index (χ0) is 15.6.